The molecule has 0 bridgehead atoms. The van der Waals surface area contributed by atoms with Crippen LogP contribution in [0.1, 0.15) is 29.7 Å². The monoisotopic (exact) mass is 352 g/mol. The first-order valence-corrected chi connectivity index (χ1v) is 8.78. The fourth-order valence-electron chi connectivity index (χ4n) is 3.17. The van der Waals surface area contributed by atoms with Gasteiger partial charge in [0.05, 0.1) is 11.6 Å². The van der Waals surface area contributed by atoms with E-state index in [9.17, 15) is 15.0 Å². The topological polar surface area (TPSA) is 76.6 Å². The standard InChI is InChI=1S/C21H24N2O3/c1-3-23(13-19(25)15-7-5-9-18(24)11-15)12-17-10-16-8-4-6-14(2)20(16)22-21(17)26/h4-11,19,24-25H,3,12-13H2,1-2H3,(H,22,26)/t19-/m0/s1. The van der Waals surface area contributed by atoms with Crippen LogP contribution in [0, 0.1) is 6.92 Å². The zero-order chi connectivity index (χ0) is 18.7. The minimum absolute atomic E-state index is 0.0999. The number of hydrogen-bond donors (Lipinski definition) is 3. The Morgan fingerprint density at radius 3 is 2.65 bits per heavy atom. The van der Waals surface area contributed by atoms with Gasteiger partial charge in [0.2, 0.25) is 0 Å². The minimum Gasteiger partial charge on any atom is -0.508 e. The number of likely N-dealkylation sites (N-methyl/N-ethyl adjacent to an activating group) is 1. The average Bonchev–Trinajstić information content (AvgIpc) is 2.62. The molecule has 5 nitrogen and oxygen atoms in total. The summed E-state index contributed by atoms with van der Waals surface area (Å²) in [5.41, 5.74) is 3.14. The molecule has 0 fully saturated rings. The van der Waals surface area contributed by atoms with E-state index in [1.165, 1.54) is 0 Å². The summed E-state index contributed by atoms with van der Waals surface area (Å²) in [6.45, 7) is 5.49. The highest BCUT2D eigenvalue weighted by Crippen LogP contribution is 2.20. The molecule has 1 atom stereocenters. The van der Waals surface area contributed by atoms with E-state index in [4.69, 9.17) is 0 Å². The van der Waals surface area contributed by atoms with E-state index in [-0.39, 0.29) is 11.3 Å². The number of aryl methyl sites for hydroxylation is 1. The first kappa shape index (κ1) is 18.2. The van der Waals surface area contributed by atoms with Crippen molar-refractivity contribution in [1.29, 1.82) is 0 Å². The van der Waals surface area contributed by atoms with Gasteiger partial charge in [-0.2, -0.15) is 0 Å². The van der Waals surface area contributed by atoms with Gasteiger partial charge in [-0.25, -0.2) is 0 Å². The number of aliphatic hydroxyl groups excluding tert-OH is 1. The summed E-state index contributed by atoms with van der Waals surface area (Å²) in [6.07, 6.45) is -0.733. The number of phenolic OH excluding ortho intramolecular Hbond substituents is 1. The highest BCUT2D eigenvalue weighted by molar-refractivity contribution is 5.81. The number of aromatic hydroxyl groups is 1. The second-order valence-corrected chi connectivity index (χ2v) is 6.60. The van der Waals surface area contributed by atoms with Gasteiger partial charge in [-0.05, 0) is 48.2 Å². The van der Waals surface area contributed by atoms with Crippen molar-refractivity contribution in [3.05, 3.63) is 75.6 Å². The number of phenols is 1. The highest BCUT2D eigenvalue weighted by atomic mass is 16.3. The van der Waals surface area contributed by atoms with E-state index in [1.807, 2.05) is 43.0 Å². The molecule has 5 heteroatoms. The number of aliphatic hydroxyl groups is 1. The summed E-state index contributed by atoms with van der Waals surface area (Å²) in [5.74, 6) is 0.131. The summed E-state index contributed by atoms with van der Waals surface area (Å²) in [4.78, 5) is 17.4. The lowest BCUT2D eigenvalue weighted by molar-refractivity contribution is 0.112. The Labute approximate surface area is 152 Å². The number of nitrogens with one attached hydrogen (secondary N) is 1. The number of H-pyrrole nitrogens is 1. The molecule has 3 rings (SSSR count). The third-order valence-corrected chi connectivity index (χ3v) is 4.69. The van der Waals surface area contributed by atoms with Crippen LogP contribution in [0.5, 0.6) is 5.75 Å². The van der Waals surface area contributed by atoms with Gasteiger partial charge in [0.1, 0.15) is 5.75 Å². The van der Waals surface area contributed by atoms with Crippen LogP contribution in [0.2, 0.25) is 0 Å². The van der Waals surface area contributed by atoms with E-state index in [0.717, 1.165) is 16.5 Å². The van der Waals surface area contributed by atoms with Crippen molar-refractivity contribution in [2.45, 2.75) is 26.5 Å². The number of para-hydroxylation sites is 1. The SMILES string of the molecule is CCN(Cc1cc2cccc(C)c2[nH]c1=O)C[C@H](O)c1cccc(O)c1. The van der Waals surface area contributed by atoms with Crippen LogP contribution >= 0.6 is 0 Å². The van der Waals surface area contributed by atoms with E-state index >= 15 is 0 Å². The molecule has 0 aliphatic heterocycles. The van der Waals surface area contributed by atoms with E-state index in [1.54, 1.807) is 24.3 Å². The van der Waals surface area contributed by atoms with Crippen molar-refractivity contribution in [2.24, 2.45) is 0 Å². The van der Waals surface area contributed by atoms with Crippen LogP contribution in [0.4, 0.5) is 0 Å². The van der Waals surface area contributed by atoms with Gasteiger partial charge in [0, 0.05) is 18.7 Å². The number of hydrogen-bond acceptors (Lipinski definition) is 4. The number of aromatic amines is 1. The Morgan fingerprint density at radius 1 is 1.15 bits per heavy atom. The molecule has 3 N–H and O–H groups in total. The lowest BCUT2D eigenvalue weighted by atomic mass is 10.1. The Kier molecular flexibility index (Phi) is 5.40. The third-order valence-electron chi connectivity index (χ3n) is 4.69. The predicted molar refractivity (Wildman–Crippen MR) is 103 cm³/mol. The predicted octanol–water partition coefficient (Wildman–Crippen LogP) is 3.10. The van der Waals surface area contributed by atoms with Crippen molar-refractivity contribution in [2.75, 3.05) is 13.1 Å². The van der Waals surface area contributed by atoms with E-state index in [0.29, 0.717) is 30.8 Å². The number of fused-ring (bicyclic) bond motifs is 1. The highest BCUT2D eigenvalue weighted by Gasteiger charge is 2.15. The summed E-state index contributed by atoms with van der Waals surface area (Å²) in [7, 11) is 0. The summed E-state index contributed by atoms with van der Waals surface area (Å²) < 4.78 is 0. The molecule has 1 aromatic heterocycles. The van der Waals surface area contributed by atoms with E-state index in [2.05, 4.69) is 4.98 Å². The quantitative estimate of drug-likeness (QED) is 0.637. The van der Waals surface area contributed by atoms with Gasteiger partial charge >= 0.3 is 0 Å². The van der Waals surface area contributed by atoms with Crippen molar-refractivity contribution < 1.29 is 10.2 Å². The first-order chi connectivity index (χ1) is 12.5. The lowest BCUT2D eigenvalue weighted by Crippen LogP contribution is -2.30. The number of aromatic nitrogens is 1. The molecular weight excluding hydrogens is 328 g/mol. The van der Waals surface area contributed by atoms with Crippen molar-refractivity contribution in [1.82, 2.24) is 9.88 Å². The molecule has 0 aliphatic carbocycles. The maximum atomic E-state index is 12.5. The molecule has 1 heterocycles. The van der Waals surface area contributed by atoms with Crippen LogP contribution in [0.3, 0.4) is 0 Å². The van der Waals surface area contributed by atoms with Gasteiger partial charge in [0.15, 0.2) is 0 Å². The van der Waals surface area contributed by atoms with E-state index < -0.39 is 6.10 Å². The number of benzene rings is 2. The molecule has 3 aromatic rings. The third kappa shape index (κ3) is 3.95. The molecule has 0 aliphatic rings. The van der Waals surface area contributed by atoms with Crippen LogP contribution in [0.15, 0.2) is 53.3 Å². The molecular formula is C21H24N2O3. The second-order valence-electron chi connectivity index (χ2n) is 6.60. The Bertz CT molecular complexity index is 965. The van der Waals surface area contributed by atoms with Gasteiger partial charge in [-0.1, -0.05) is 37.3 Å². The van der Waals surface area contributed by atoms with Gasteiger partial charge < -0.3 is 15.2 Å². The maximum absolute atomic E-state index is 12.5. The largest absolute Gasteiger partial charge is 0.508 e. The zero-order valence-electron chi connectivity index (χ0n) is 15.1. The lowest BCUT2D eigenvalue weighted by Gasteiger charge is -2.23. The zero-order valence-corrected chi connectivity index (χ0v) is 15.1. The molecule has 0 amide bonds. The maximum Gasteiger partial charge on any atom is 0.252 e. The molecule has 0 saturated heterocycles. The number of pyridine rings is 1. The van der Waals surface area contributed by atoms with Crippen LogP contribution in [0.25, 0.3) is 10.9 Å². The molecule has 0 unspecified atom stereocenters. The Balaban J connectivity index is 1.81. The van der Waals surface area contributed by atoms with Gasteiger partial charge in [0.25, 0.3) is 5.56 Å². The minimum atomic E-state index is -0.733. The Hall–Kier alpha value is -2.63. The fraction of sp³-hybridized carbons (Fsp3) is 0.286. The van der Waals surface area contributed by atoms with Crippen LogP contribution in [-0.2, 0) is 6.54 Å². The summed E-state index contributed by atoms with van der Waals surface area (Å²) in [6, 6.07) is 14.5. The summed E-state index contributed by atoms with van der Waals surface area (Å²) in [5, 5.41) is 21.0. The molecule has 2 aromatic carbocycles. The smallest absolute Gasteiger partial charge is 0.252 e. The molecule has 0 saturated carbocycles. The second kappa shape index (κ2) is 7.72. The number of rotatable bonds is 6. The fourth-order valence-corrected chi connectivity index (χ4v) is 3.17. The van der Waals surface area contributed by atoms with Crippen molar-refractivity contribution in [3.63, 3.8) is 0 Å². The molecule has 136 valence electrons. The van der Waals surface area contributed by atoms with Crippen LogP contribution < -0.4 is 5.56 Å². The Morgan fingerprint density at radius 2 is 1.92 bits per heavy atom. The first-order valence-electron chi connectivity index (χ1n) is 8.78. The molecule has 26 heavy (non-hydrogen) atoms. The summed E-state index contributed by atoms with van der Waals surface area (Å²) >= 11 is 0. The van der Waals surface area contributed by atoms with Gasteiger partial charge in [-0.3, -0.25) is 9.69 Å². The number of nitrogens with zero attached hydrogens (tertiary/aromatic N) is 1. The normalized spacial score (nSPS) is 12.6. The molecule has 0 spiro atoms. The van der Waals surface area contributed by atoms with Gasteiger partial charge in [-0.15, -0.1) is 0 Å². The van der Waals surface area contributed by atoms with Crippen molar-refractivity contribution in [3.8, 4) is 5.75 Å². The van der Waals surface area contributed by atoms with Crippen molar-refractivity contribution >= 4 is 10.9 Å². The van der Waals surface area contributed by atoms with Crippen LogP contribution in [-0.4, -0.2) is 33.2 Å². The molecule has 0 radical (unpaired) electrons. The average molecular weight is 352 g/mol.